The summed E-state index contributed by atoms with van der Waals surface area (Å²) >= 11 is 17.7. The summed E-state index contributed by atoms with van der Waals surface area (Å²) in [4.78, 5) is 14.4. The highest BCUT2D eigenvalue weighted by Crippen LogP contribution is 2.35. The summed E-state index contributed by atoms with van der Waals surface area (Å²) in [6, 6.07) is 14.3. The molecule has 0 radical (unpaired) electrons. The zero-order chi connectivity index (χ0) is 18.8. The van der Waals surface area contributed by atoms with Crippen LogP contribution in [-0.4, -0.2) is 18.2 Å². The molecule has 0 spiro atoms. The molecule has 0 saturated heterocycles. The number of methoxy groups -OCH3 is 1. The van der Waals surface area contributed by atoms with E-state index in [4.69, 9.17) is 40.2 Å². The predicted octanol–water partition coefficient (Wildman–Crippen LogP) is 4.88. The van der Waals surface area contributed by atoms with Crippen molar-refractivity contribution in [2.24, 2.45) is 0 Å². The van der Waals surface area contributed by atoms with Crippen LogP contribution in [0.25, 0.3) is 0 Å². The molecule has 0 saturated carbocycles. The maximum absolute atomic E-state index is 12.5. The van der Waals surface area contributed by atoms with Crippen LogP contribution in [0.15, 0.2) is 59.8 Å². The highest BCUT2D eigenvalue weighted by molar-refractivity contribution is 7.80. The smallest absolute Gasteiger partial charge is 0.337 e. The van der Waals surface area contributed by atoms with Crippen molar-refractivity contribution in [3.63, 3.8) is 0 Å². The molecule has 1 heterocycles. The van der Waals surface area contributed by atoms with Gasteiger partial charge in [0.1, 0.15) is 0 Å². The fourth-order valence-corrected chi connectivity index (χ4v) is 3.61. The molecule has 0 fully saturated rings. The number of thiocarbonyl (C=S) groups is 1. The first-order valence-electron chi connectivity index (χ1n) is 7.83. The van der Waals surface area contributed by atoms with Crippen molar-refractivity contribution >= 4 is 52.2 Å². The molecule has 3 rings (SSSR count). The molecule has 4 nitrogen and oxygen atoms in total. The Bertz CT molecular complexity index is 900. The SMILES string of the molecule is COC(=O)C1=C(C)N(c2ccccc2)C(=S)N[C@@H]1c1ccc(Cl)c(Cl)c1. The van der Waals surface area contributed by atoms with Gasteiger partial charge in [-0.25, -0.2) is 4.79 Å². The predicted molar refractivity (Wildman–Crippen MR) is 109 cm³/mol. The van der Waals surface area contributed by atoms with Gasteiger partial charge in [-0.05, 0) is 49.0 Å². The number of hydrogen-bond donors (Lipinski definition) is 1. The summed E-state index contributed by atoms with van der Waals surface area (Å²) in [7, 11) is 1.36. The molecule has 0 aliphatic carbocycles. The van der Waals surface area contributed by atoms with Crippen LogP contribution in [0.4, 0.5) is 5.69 Å². The Labute approximate surface area is 167 Å². The second kappa shape index (κ2) is 7.66. The van der Waals surface area contributed by atoms with Gasteiger partial charge in [-0.1, -0.05) is 47.5 Å². The largest absolute Gasteiger partial charge is 0.466 e. The maximum Gasteiger partial charge on any atom is 0.337 e. The molecular formula is C19H16Cl2N2O2S. The standard InChI is InChI=1S/C19H16Cl2N2O2S/c1-11-16(18(24)25-2)17(12-8-9-14(20)15(21)10-12)22-19(26)23(11)13-6-4-3-5-7-13/h3-10,17H,1-2H3,(H,22,26)/t17-/m1/s1. The monoisotopic (exact) mass is 406 g/mol. The van der Waals surface area contributed by atoms with Crippen molar-refractivity contribution in [3.05, 3.63) is 75.4 Å². The molecule has 0 aromatic heterocycles. The van der Waals surface area contributed by atoms with Gasteiger partial charge in [-0.2, -0.15) is 0 Å². The fourth-order valence-electron chi connectivity index (χ4n) is 2.95. The van der Waals surface area contributed by atoms with Crippen molar-refractivity contribution in [2.75, 3.05) is 12.0 Å². The van der Waals surface area contributed by atoms with Crippen molar-refractivity contribution in [2.45, 2.75) is 13.0 Å². The number of anilines is 1. The lowest BCUT2D eigenvalue weighted by Gasteiger charge is -2.37. The van der Waals surface area contributed by atoms with Crippen LogP contribution >= 0.6 is 35.4 Å². The van der Waals surface area contributed by atoms with Crippen LogP contribution in [0.3, 0.4) is 0 Å². The van der Waals surface area contributed by atoms with Crippen LogP contribution in [0.1, 0.15) is 18.5 Å². The summed E-state index contributed by atoms with van der Waals surface area (Å²) in [5.41, 5.74) is 2.79. The van der Waals surface area contributed by atoms with E-state index in [1.54, 1.807) is 12.1 Å². The Balaban J connectivity index is 2.14. The van der Waals surface area contributed by atoms with Crippen LogP contribution in [0.2, 0.25) is 10.0 Å². The highest BCUT2D eigenvalue weighted by atomic mass is 35.5. The minimum absolute atomic E-state index is 0.407. The van der Waals surface area contributed by atoms with Gasteiger partial charge in [0.2, 0.25) is 0 Å². The van der Waals surface area contributed by atoms with E-state index >= 15 is 0 Å². The molecule has 7 heteroatoms. The van der Waals surface area contributed by atoms with Crippen molar-refractivity contribution < 1.29 is 9.53 Å². The quantitative estimate of drug-likeness (QED) is 0.581. The average Bonchev–Trinajstić information content (AvgIpc) is 2.64. The molecule has 26 heavy (non-hydrogen) atoms. The lowest BCUT2D eigenvalue weighted by atomic mass is 9.95. The molecule has 2 aromatic carbocycles. The Hall–Kier alpha value is -2.08. The number of benzene rings is 2. The molecule has 0 bridgehead atoms. The molecule has 1 N–H and O–H groups in total. The van der Waals surface area contributed by atoms with Gasteiger partial charge in [0.15, 0.2) is 5.11 Å². The van der Waals surface area contributed by atoms with Crippen molar-refractivity contribution in [3.8, 4) is 0 Å². The number of carbonyl (C=O) groups is 1. The summed E-state index contributed by atoms with van der Waals surface area (Å²) in [6.45, 7) is 1.84. The first-order valence-corrected chi connectivity index (χ1v) is 9.00. The lowest BCUT2D eigenvalue weighted by Crippen LogP contribution is -2.48. The number of allylic oxidation sites excluding steroid dienone is 1. The van der Waals surface area contributed by atoms with Gasteiger partial charge >= 0.3 is 5.97 Å². The Morgan fingerprint density at radius 1 is 1.15 bits per heavy atom. The van der Waals surface area contributed by atoms with E-state index in [0.717, 1.165) is 11.3 Å². The topological polar surface area (TPSA) is 41.6 Å². The molecule has 0 amide bonds. The number of halogens is 2. The molecular weight excluding hydrogens is 391 g/mol. The summed E-state index contributed by atoms with van der Waals surface area (Å²) in [6.07, 6.45) is 0. The number of para-hydroxylation sites is 1. The van der Waals surface area contributed by atoms with Gasteiger partial charge < -0.3 is 10.1 Å². The molecule has 1 atom stereocenters. The van der Waals surface area contributed by atoms with Crippen LogP contribution < -0.4 is 10.2 Å². The maximum atomic E-state index is 12.5. The third kappa shape index (κ3) is 3.43. The first kappa shape index (κ1) is 18.7. The number of carbonyl (C=O) groups excluding carboxylic acids is 1. The Morgan fingerprint density at radius 2 is 1.85 bits per heavy atom. The third-order valence-electron chi connectivity index (χ3n) is 4.18. The zero-order valence-corrected chi connectivity index (χ0v) is 16.5. The molecule has 1 aliphatic heterocycles. The van der Waals surface area contributed by atoms with Crippen molar-refractivity contribution in [1.82, 2.24) is 5.32 Å². The van der Waals surface area contributed by atoms with E-state index in [0.29, 0.717) is 26.4 Å². The minimum Gasteiger partial charge on any atom is -0.466 e. The van der Waals surface area contributed by atoms with Gasteiger partial charge in [-0.15, -0.1) is 0 Å². The number of rotatable bonds is 3. The molecule has 134 valence electrons. The Morgan fingerprint density at radius 3 is 2.46 bits per heavy atom. The first-order chi connectivity index (χ1) is 12.4. The highest BCUT2D eigenvalue weighted by Gasteiger charge is 2.35. The average molecular weight is 407 g/mol. The number of ether oxygens (including phenoxy) is 1. The molecule has 2 aromatic rings. The number of nitrogens with one attached hydrogen (secondary N) is 1. The van der Waals surface area contributed by atoms with Crippen LogP contribution in [-0.2, 0) is 9.53 Å². The van der Waals surface area contributed by atoms with Crippen molar-refractivity contribution in [1.29, 1.82) is 0 Å². The summed E-state index contributed by atoms with van der Waals surface area (Å²) in [5, 5.41) is 4.56. The van der Waals surface area contributed by atoms with Gasteiger partial charge in [0.25, 0.3) is 0 Å². The van der Waals surface area contributed by atoms with Crippen LogP contribution in [0.5, 0.6) is 0 Å². The number of esters is 1. The summed E-state index contributed by atoms with van der Waals surface area (Å²) in [5.74, 6) is -0.436. The third-order valence-corrected chi connectivity index (χ3v) is 5.22. The van der Waals surface area contributed by atoms with Gasteiger partial charge in [-0.3, -0.25) is 4.90 Å². The van der Waals surface area contributed by atoms with E-state index in [1.165, 1.54) is 7.11 Å². The zero-order valence-electron chi connectivity index (χ0n) is 14.1. The van der Waals surface area contributed by atoms with E-state index in [2.05, 4.69) is 5.32 Å². The fraction of sp³-hybridized carbons (Fsp3) is 0.158. The summed E-state index contributed by atoms with van der Waals surface area (Å²) < 4.78 is 5.02. The second-order valence-corrected chi connectivity index (χ2v) is 6.92. The molecule has 0 unspecified atom stereocenters. The Kier molecular flexibility index (Phi) is 5.51. The van der Waals surface area contributed by atoms with E-state index in [-0.39, 0.29) is 0 Å². The minimum atomic E-state index is -0.482. The second-order valence-electron chi connectivity index (χ2n) is 5.72. The van der Waals surface area contributed by atoms with Gasteiger partial charge in [0.05, 0.1) is 28.8 Å². The van der Waals surface area contributed by atoms with Crippen LogP contribution in [0, 0.1) is 0 Å². The molecule has 1 aliphatic rings. The number of hydrogen-bond acceptors (Lipinski definition) is 3. The van der Waals surface area contributed by atoms with Gasteiger partial charge in [0, 0.05) is 11.4 Å². The van der Waals surface area contributed by atoms with E-state index in [1.807, 2.05) is 48.2 Å². The van der Waals surface area contributed by atoms with E-state index < -0.39 is 12.0 Å². The van der Waals surface area contributed by atoms with E-state index in [9.17, 15) is 4.79 Å². The normalized spacial score (nSPS) is 17.2. The number of nitrogens with zero attached hydrogens (tertiary/aromatic N) is 1. The lowest BCUT2D eigenvalue weighted by molar-refractivity contribution is -0.136.